The van der Waals surface area contributed by atoms with Crippen LogP contribution in [0.2, 0.25) is 5.02 Å². The van der Waals surface area contributed by atoms with E-state index in [1.807, 2.05) is 12.1 Å². The molecule has 100 valence electrons. The second-order valence-electron chi connectivity index (χ2n) is 4.49. The van der Waals surface area contributed by atoms with E-state index in [0.717, 1.165) is 24.1 Å². The molecule has 0 aliphatic heterocycles. The van der Waals surface area contributed by atoms with E-state index in [9.17, 15) is 0 Å². The zero-order valence-electron chi connectivity index (χ0n) is 10.9. The molecular formula is C15H18ClN3. The summed E-state index contributed by atoms with van der Waals surface area (Å²) >= 11 is 5.85. The molecule has 1 aromatic carbocycles. The van der Waals surface area contributed by atoms with Crippen molar-refractivity contribution in [1.29, 1.82) is 0 Å². The second-order valence-corrected chi connectivity index (χ2v) is 4.93. The number of nitrogens with zero attached hydrogens (tertiary/aromatic N) is 1. The molecule has 0 aliphatic rings. The highest BCUT2D eigenvalue weighted by Crippen LogP contribution is 2.21. The van der Waals surface area contributed by atoms with Crippen molar-refractivity contribution in [2.24, 2.45) is 5.84 Å². The number of aromatic nitrogens is 1. The van der Waals surface area contributed by atoms with Gasteiger partial charge in [-0.3, -0.25) is 10.8 Å². The lowest BCUT2D eigenvalue weighted by Gasteiger charge is -2.16. The average molecular weight is 276 g/mol. The fraction of sp³-hybridized carbons (Fsp3) is 0.267. The number of aryl methyl sites for hydroxylation is 1. The fourth-order valence-corrected chi connectivity index (χ4v) is 2.19. The third-order valence-corrected chi connectivity index (χ3v) is 3.29. The number of nitrogens with one attached hydrogen (secondary N) is 1. The minimum absolute atomic E-state index is 0.118. The smallest absolute Gasteiger partial charge is 0.0881 e. The lowest BCUT2D eigenvalue weighted by atomic mass is 10.0. The molecule has 0 radical (unpaired) electrons. The van der Waals surface area contributed by atoms with Crippen molar-refractivity contribution in [1.82, 2.24) is 10.4 Å². The van der Waals surface area contributed by atoms with Crippen molar-refractivity contribution < 1.29 is 0 Å². The molecule has 0 aliphatic carbocycles. The average Bonchev–Trinajstić information content (AvgIpc) is 2.44. The van der Waals surface area contributed by atoms with E-state index in [1.165, 1.54) is 5.56 Å². The molecular weight excluding hydrogens is 258 g/mol. The van der Waals surface area contributed by atoms with Crippen LogP contribution in [0.1, 0.15) is 36.2 Å². The van der Waals surface area contributed by atoms with Crippen molar-refractivity contribution in [3.05, 3.63) is 64.4 Å². The highest BCUT2D eigenvalue weighted by Gasteiger charge is 2.13. The van der Waals surface area contributed by atoms with E-state index < -0.39 is 0 Å². The van der Waals surface area contributed by atoms with Crippen LogP contribution >= 0.6 is 11.6 Å². The molecule has 4 heteroatoms. The topological polar surface area (TPSA) is 50.9 Å². The number of hydrogen-bond acceptors (Lipinski definition) is 3. The van der Waals surface area contributed by atoms with E-state index in [4.69, 9.17) is 17.4 Å². The van der Waals surface area contributed by atoms with E-state index in [-0.39, 0.29) is 6.04 Å². The van der Waals surface area contributed by atoms with Gasteiger partial charge in [0.2, 0.25) is 0 Å². The number of benzene rings is 1. The van der Waals surface area contributed by atoms with Gasteiger partial charge in [-0.1, -0.05) is 49.2 Å². The first-order valence-electron chi connectivity index (χ1n) is 6.41. The lowest BCUT2D eigenvalue weighted by Crippen LogP contribution is -2.29. The number of rotatable bonds is 5. The Morgan fingerprint density at radius 2 is 1.95 bits per heavy atom. The number of pyridine rings is 1. The Hall–Kier alpha value is -1.42. The number of halogens is 1. The molecule has 2 rings (SSSR count). The van der Waals surface area contributed by atoms with Crippen LogP contribution in [0.5, 0.6) is 0 Å². The summed E-state index contributed by atoms with van der Waals surface area (Å²) in [4.78, 5) is 4.31. The molecule has 2 aromatic rings. The predicted molar refractivity (Wildman–Crippen MR) is 78.9 cm³/mol. The van der Waals surface area contributed by atoms with Crippen LogP contribution in [0.3, 0.4) is 0 Å². The fourth-order valence-electron chi connectivity index (χ4n) is 2.08. The summed E-state index contributed by atoms with van der Waals surface area (Å²) in [5.41, 5.74) is 6.09. The molecule has 1 aromatic heterocycles. The van der Waals surface area contributed by atoms with Gasteiger partial charge in [0.15, 0.2) is 0 Å². The summed E-state index contributed by atoms with van der Waals surface area (Å²) in [7, 11) is 0. The lowest BCUT2D eigenvalue weighted by molar-refractivity contribution is 0.620. The van der Waals surface area contributed by atoms with Crippen LogP contribution in [0.25, 0.3) is 0 Å². The zero-order chi connectivity index (χ0) is 13.7. The van der Waals surface area contributed by atoms with Gasteiger partial charge in [0.25, 0.3) is 0 Å². The van der Waals surface area contributed by atoms with Crippen LogP contribution in [-0.2, 0) is 6.42 Å². The summed E-state index contributed by atoms with van der Waals surface area (Å²) in [5, 5.41) is 0.623. The van der Waals surface area contributed by atoms with Gasteiger partial charge in [-0.2, -0.15) is 0 Å². The van der Waals surface area contributed by atoms with Crippen LogP contribution in [0.15, 0.2) is 42.6 Å². The Balaban J connectivity index is 2.23. The maximum atomic E-state index is 5.85. The summed E-state index contributed by atoms with van der Waals surface area (Å²) < 4.78 is 0. The van der Waals surface area contributed by atoms with Gasteiger partial charge >= 0.3 is 0 Å². The molecule has 0 fully saturated rings. The van der Waals surface area contributed by atoms with E-state index in [0.29, 0.717) is 5.02 Å². The van der Waals surface area contributed by atoms with Gasteiger partial charge in [-0.15, -0.1) is 0 Å². The summed E-state index contributed by atoms with van der Waals surface area (Å²) in [6.45, 7) is 2.18. The molecule has 0 amide bonds. The van der Waals surface area contributed by atoms with Crippen molar-refractivity contribution in [2.45, 2.75) is 25.8 Å². The molecule has 3 nitrogen and oxygen atoms in total. The predicted octanol–water partition coefficient (Wildman–Crippen LogP) is 3.24. The van der Waals surface area contributed by atoms with Crippen molar-refractivity contribution in [3.63, 3.8) is 0 Å². The quantitative estimate of drug-likeness (QED) is 0.651. The van der Waals surface area contributed by atoms with Gasteiger partial charge < -0.3 is 0 Å². The maximum absolute atomic E-state index is 5.85. The van der Waals surface area contributed by atoms with E-state index in [2.05, 4.69) is 41.6 Å². The molecule has 1 unspecified atom stereocenters. The largest absolute Gasteiger partial charge is 0.271 e. The molecule has 19 heavy (non-hydrogen) atoms. The second kappa shape index (κ2) is 6.66. The highest BCUT2D eigenvalue weighted by molar-refractivity contribution is 6.30. The van der Waals surface area contributed by atoms with E-state index in [1.54, 1.807) is 6.20 Å². The Morgan fingerprint density at radius 1 is 1.21 bits per heavy atom. The first kappa shape index (κ1) is 14.0. The van der Waals surface area contributed by atoms with E-state index >= 15 is 0 Å². The van der Waals surface area contributed by atoms with Gasteiger partial charge in [0.1, 0.15) is 0 Å². The molecule has 0 saturated heterocycles. The molecule has 3 N–H and O–H groups in total. The Morgan fingerprint density at radius 3 is 2.47 bits per heavy atom. The highest BCUT2D eigenvalue weighted by atomic mass is 35.5. The number of hydrogen-bond donors (Lipinski definition) is 2. The standard InChI is InChI=1S/C15H18ClN3/c1-2-3-11-4-6-12(7-5-11)15(19-17)14-9-8-13(16)10-18-14/h4-10,15,19H,2-3,17H2,1H3. The van der Waals surface area contributed by atoms with Crippen LogP contribution in [0, 0.1) is 0 Å². The van der Waals surface area contributed by atoms with Crippen LogP contribution < -0.4 is 11.3 Å². The summed E-state index contributed by atoms with van der Waals surface area (Å²) in [6.07, 6.45) is 3.88. The van der Waals surface area contributed by atoms with Crippen LogP contribution in [0.4, 0.5) is 0 Å². The van der Waals surface area contributed by atoms with Gasteiger partial charge in [0.05, 0.1) is 16.8 Å². The normalized spacial score (nSPS) is 12.4. The SMILES string of the molecule is CCCc1ccc(C(NN)c2ccc(Cl)cn2)cc1. The molecule has 0 spiro atoms. The Bertz CT molecular complexity index is 508. The van der Waals surface area contributed by atoms with Gasteiger partial charge in [-0.25, -0.2) is 5.43 Å². The first-order valence-corrected chi connectivity index (χ1v) is 6.78. The summed E-state index contributed by atoms with van der Waals surface area (Å²) in [6, 6.07) is 12.0. The number of nitrogens with two attached hydrogens (primary N) is 1. The summed E-state index contributed by atoms with van der Waals surface area (Å²) in [5.74, 6) is 5.65. The zero-order valence-corrected chi connectivity index (χ0v) is 11.7. The monoisotopic (exact) mass is 275 g/mol. The van der Waals surface area contributed by atoms with Crippen LogP contribution in [-0.4, -0.2) is 4.98 Å². The first-order chi connectivity index (χ1) is 9.24. The molecule has 1 heterocycles. The number of hydrazine groups is 1. The molecule has 0 bridgehead atoms. The minimum Gasteiger partial charge on any atom is -0.271 e. The maximum Gasteiger partial charge on any atom is 0.0881 e. The van der Waals surface area contributed by atoms with Crippen molar-refractivity contribution in [3.8, 4) is 0 Å². The Labute approximate surface area is 118 Å². The third kappa shape index (κ3) is 3.53. The molecule has 1 atom stereocenters. The van der Waals surface area contributed by atoms with Gasteiger partial charge in [-0.05, 0) is 29.7 Å². The Kier molecular flexibility index (Phi) is 4.91. The van der Waals surface area contributed by atoms with Crippen molar-refractivity contribution in [2.75, 3.05) is 0 Å². The van der Waals surface area contributed by atoms with Gasteiger partial charge in [0, 0.05) is 6.20 Å². The molecule has 0 saturated carbocycles. The van der Waals surface area contributed by atoms with Crippen molar-refractivity contribution >= 4 is 11.6 Å². The minimum atomic E-state index is -0.118. The third-order valence-electron chi connectivity index (χ3n) is 3.06.